The third-order valence-electron chi connectivity index (χ3n) is 3.15. The Hall–Kier alpha value is -3.44. The summed E-state index contributed by atoms with van der Waals surface area (Å²) in [4.78, 5) is 40.8. The standard InChI is InChI=1S/C19H17N3O4S/c1-3-11-20-17(24)12-26-18(25)10-9-15-13-27-19(21-15)22(14(2)23)16-7-5-4-6-8-16/h1,4-10,13H,11-12H2,2H3,(H,20,24)/b10-9+. The molecule has 0 bridgehead atoms. The molecule has 27 heavy (non-hydrogen) atoms. The Morgan fingerprint density at radius 1 is 1.33 bits per heavy atom. The van der Waals surface area contributed by atoms with Crippen LogP contribution in [0.3, 0.4) is 0 Å². The van der Waals surface area contributed by atoms with E-state index in [1.807, 2.05) is 18.2 Å². The number of hydrogen-bond acceptors (Lipinski definition) is 6. The number of ether oxygens (including phenoxy) is 1. The second kappa shape index (κ2) is 9.89. The summed E-state index contributed by atoms with van der Waals surface area (Å²) in [6, 6.07) is 9.13. The SMILES string of the molecule is C#CCNC(=O)COC(=O)/C=C/c1csc(N(C(C)=O)c2ccccc2)n1. The van der Waals surface area contributed by atoms with Gasteiger partial charge in [0.2, 0.25) is 5.91 Å². The maximum absolute atomic E-state index is 12.0. The van der Waals surface area contributed by atoms with Crippen molar-refractivity contribution >= 4 is 46.0 Å². The zero-order valence-electron chi connectivity index (χ0n) is 14.5. The van der Waals surface area contributed by atoms with E-state index in [1.54, 1.807) is 17.5 Å². The van der Waals surface area contributed by atoms with Gasteiger partial charge in [-0.1, -0.05) is 24.1 Å². The summed E-state index contributed by atoms with van der Waals surface area (Å²) in [6.45, 7) is 1.10. The highest BCUT2D eigenvalue weighted by molar-refractivity contribution is 7.14. The summed E-state index contributed by atoms with van der Waals surface area (Å²) in [7, 11) is 0. The lowest BCUT2D eigenvalue weighted by atomic mass is 10.3. The van der Waals surface area contributed by atoms with Crippen molar-refractivity contribution < 1.29 is 19.1 Å². The molecule has 0 radical (unpaired) electrons. The van der Waals surface area contributed by atoms with E-state index in [9.17, 15) is 14.4 Å². The van der Waals surface area contributed by atoms with E-state index >= 15 is 0 Å². The number of nitrogens with zero attached hydrogens (tertiary/aromatic N) is 2. The molecule has 1 N–H and O–H groups in total. The fourth-order valence-electron chi connectivity index (χ4n) is 2.00. The highest BCUT2D eigenvalue weighted by atomic mass is 32.1. The van der Waals surface area contributed by atoms with Gasteiger partial charge in [-0.3, -0.25) is 14.5 Å². The van der Waals surface area contributed by atoms with Gasteiger partial charge >= 0.3 is 5.97 Å². The molecule has 0 aliphatic carbocycles. The van der Waals surface area contributed by atoms with Crippen molar-refractivity contribution in [3.8, 4) is 12.3 Å². The summed E-state index contributed by atoms with van der Waals surface area (Å²) < 4.78 is 4.79. The molecule has 0 spiro atoms. The van der Waals surface area contributed by atoms with E-state index in [-0.39, 0.29) is 12.5 Å². The molecule has 0 saturated heterocycles. The molecule has 2 amide bonds. The van der Waals surface area contributed by atoms with Gasteiger partial charge in [0, 0.05) is 18.4 Å². The van der Waals surface area contributed by atoms with Crippen molar-refractivity contribution in [1.29, 1.82) is 0 Å². The highest BCUT2D eigenvalue weighted by Crippen LogP contribution is 2.28. The van der Waals surface area contributed by atoms with Crippen LogP contribution in [0.25, 0.3) is 6.08 Å². The highest BCUT2D eigenvalue weighted by Gasteiger charge is 2.17. The number of aromatic nitrogens is 1. The van der Waals surface area contributed by atoms with Gasteiger partial charge in [-0.2, -0.15) is 0 Å². The first-order chi connectivity index (χ1) is 13.0. The summed E-state index contributed by atoms with van der Waals surface area (Å²) in [5, 5.41) is 4.57. The van der Waals surface area contributed by atoms with Crippen molar-refractivity contribution in [2.24, 2.45) is 0 Å². The van der Waals surface area contributed by atoms with Crippen molar-refractivity contribution in [2.45, 2.75) is 6.92 Å². The number of para-hydroxylation sites is 1. The second-order valence-electron chi connectivity index (χ2n) is 5.17. The number of benzene rings is 1. The molecule has 0 saturated carbocycles. The Balaban J connectivity index is 1.99. The van der Waals surface area contributed by atoms with Gasteiger partial charge < -0.3 is 10.1 Å². The van der Waals surface area contributed by atoms with Crippen LogP contribution in [0, 0.1) is 12.3 Å². The molecule has 1 aromatic carbocycles. The van der Waals surface area contributed by atoms with Crippen molar-refractivity contribution in [1.82, 2.24) is 10.3 Å². The lowest BCUT2D eigenvalue weighted by molar-refractivity contribution is -0.143. The molecule has 2 rings (SSSR count). The Labute approximate surface area is 160 Å². The van der Waals surface area contributed by atoms with Gasteiger partial charge in [-0.05, 0) is 18.2 Å². The van der Waals surface area contributed by atoms with Gasteiger partial charge in [-0.25, -0.2) is 9.78 Å². The third kappa shape index (κ3) is 6.09. The number of anilines is 2. The van der Waals surface area contributed by atoms with Crippen LogP contribution in [0.2, 0.25) is 0 Å². The predicted molar refractivity (Wildman–Crippen MR) is 103 cm³/mol. The zero-order valence-corrected chi connectivity index (χ0v) is 15.4. The van der Waals surface area contributed by atoms with Gasteiger partial charge in [0.05, 0.1) is 17.9 Å². The number of thiazole rings is 1. The molecule has 0 unspecified atom stereocenters. The zero-order chi connectivity index (χ0) is 19.6. The monoisotopic (exact) mass is 383 g/mol. The Morgan fingerprint density at radius 3 is 2.74 bits per heavy atom. The lowest BCUT2D eigenvalue weighted by Gasteiger charge is -2.17. The molecule has 1 aromatic heterocycles. The van der Waals surface area contributed by atoms with Crippen molar-refractivity contribution in [2.75, 3.05) is 18.1 Å². The Kier molecular flexibility index (Phi) is 7.28. The average molecular weight is 383 g/mol. The second-order valence-corrected chi connectivity index (χ2v) is 6.00. The smallest absolute Gasteiger partial charge is 0.331 e. The first kappa shape index (κ1) is 19.9. The summed E-state index contributed by atoms with van der Waals surface area (Å²) in [5.74, 6) is 0.896. The van der Waals surface area contributed by atoms with E-state index in [0.29, 0.717) is 16.5 Å². The Morgan fingerprint density at radius 2 is 2.07 bits per heavy atom. The van der Waals surface area contributed by atoms with Crippen molar-refractivity contribution in [3.05, 3.63) is 47.5 Å². The van der Waals surface area contributed by atoms with Gasteiger partial charge in [-0.15, -0.1) is 17.8 Å². The van der Waals surface area contributed by atoms with Crippen LogP contribution in [0.15, 0.2) is 41.8 Å². The number of amides is 2. The maximum atomic E-state index is 12.0. The quantitative estimate of drug-likeness (QED) is 0.450. The molecular formula is C19H17N3O4S. The predicted octanol–water partition coefficient (Wildman–Crippen LogP) is 2.13. The van der Waals surface area contributed by atoms with Crippen LogP contribution < -0.4 is 10.2 Å². The molecule has 0 aliphatic heterocycles. The van der Waals surface area contributed by atoms with Gasteiger partial charge in [0.25, 0.3) is 5.91 Å². The minimum Gasteiger partial charge on any atom is -0.452 e. The summed E-state index contributed by atoms with van der Waals surface area (Å²) >= 11 is 1.27. The lowest BCUT2D eigenvalue weighted by Crippen LogP contribution is -2.28. The molecular weight excluding hydrogens is 366 g/mol. The minimum atomic E-state index is -0.688. The fraction of sp³-hybridized carbons (Fsp3) is 0.158. The van der Waals surface area contributed by atoms with E-state index in [1.165, 1.54) is 29.2 Å². The van der Waals surface area contributed by atoms with Crippen LogP contribution in [-0.2, 0) is 19.1 Å². The van der Waals surface area contributed by atoms with E-state index in [4.69, 9.17) is 11.2 Å². The van der Waals surface area contributed by atoms with E-state index in [0.717, 1.165) is 6.08 Å². The minimum absolute atomic E-state index is 0.0713. The normalized spacial score (nSPS) is 10.2. The molecule has 1 heterocycles. The van der Waals surface area contributed by atoms with Crippen LogP contribution in [0.4, 0.5) is 10.8 Å². The molecule has 7 nitrogen and oxygen atoms in total. The van der Waals surface area contributed by atoms with Gasteiger partial charge in [0.15, 0.2) is 11.7 Å². The van der Waals surface area contributed by atoms with Crippen LogP contribution in [-0.4, -0.2) is 35.9 Å². The fourth-order valence-corrected chi connectivity index (χ4v) is 2.85. The molecule has 2 aromatic rings. The van der Waals surface area contributed by atoms with Crippen molar-refractivity contribution in [3.63, 3.8) is 0 Å². The largest absolute Gasteiger partial charge is 0.452 e. The number of nitrogens with one attached hydrogen (secondary N) is 1. The maximum Gasteiger partial charge on any atom is 0.331 e. The molecule has 0 aliphatic rings. The average Bonchev–Trinajstić information content (AvgIpc) is 3.12. The number of carbonyl (C=O) groups excluding carboxylic acids is 3. The number of terminal acetylenes is 1. The van der Waals surface area contributed by atoms with Gasteiger partial charge in [0.1, 0.15) is 0 Å². The first-order valence-corrected chi connectivity index (χ1v) is 8.75. The molecule has 0 fully saturated rings. The molecule has 8 heteroatoms. The number of hydrogen-bond donors (Lipinski definition) is 1. The molecule has 0 atom stereocenters. The number of rotatable bonds is 7. The van der Waals surface area contributed by atoms with E-state index in [2.05, 4.69) is 16.2 Å². The van der Waals surface area contributed by atoms with Crippen LogP contribution in [0.5, 0.6) is 0 Å². The third-order valence-corrected chi connectivity index (χ3v) is 4.00. The summed E-state index contributed by atoms with van der Waals surface area (Å²) in [6.07, 6.45) is 7.62. The van der Waals surface area contributed by atoms with Crippen LogP contribution >= 0.6 is 11.3 Å². The topological polar surface area (TPSA) is 88.6 Å². The first-order valence-electron chi connectivity index (χ1n) is 7.87. The van der Waals surface area contributed by atoms with Crippen LogP contribution in [0.1, 0.15) is 12.6 Å². The number of esters is 1. The van der Waals surface area contributed by atoms with E-state index < -0.39 is 18.5 Å². The Bertz CT molecular complexity index is 884. The number of carbonyl (C=O) groups is 3. The summed E-state index contributed by atoms with van der Waals surface area (Å²) in [5.41, 5.74) is 1.19. The molecule has 138 valence electrons.